The van der Waals surface area contributed by atoms with Crippen molar-refractivity contribution >= 4 is 0 Å². The Morgan fingerprint density at radius 1 is 0.933 bits per heavy atom. The Kier molecular flexibility index (Phi) is 1.87. The lowest BCUT2D eigenvalue weighted by atomic mass is 9.83. The SMILES string of the molecule is CC1(C)CCC2(OCCO2)C2(C)CC2C1. The molecule has 3 fully saturated rings. The lowest BCUT2D eigenvalue weighted by molar-refractivity contribution is -0.209. The van der Waals surface area contributed by atoms with Crippen LogP contribution >= 0.6 is 0 Å². The monoisotopic (exact) mass is 210 g/mol. The van der Waals surface area contributed by atoms with Crippen molar-refractivity contribution in [2.75, 3.05) is 13.2 Å². The summed E-state index contributed by atoms with van der Waals surface area (Å²) in [5, 5.41) is 0. The molecular weight excluding hydrogens is 188 g/mol. The zero-order valence-electron chi connectivity index (χ0n) is 10.1. The molecule has 15 heavy (non-hydrogen) atoms. The largest absolute Gasteiger partial charge is 0.347 e. The molecule has 0 N–H and O–H groups in total. The summed E-state index contributed by atoms with van der Waals surface area (Å²) in [5.74, 6) is 0.610. The van der Waals surface area contributed by atoms with Crippen LogP contribution in [0.3, 0.4) is 0 Å². The van der Waals surface area contributed by atoms with Crippen LogP contribution in [0.5, 0.6) is 0 Å². The minimum absolute atomic E-state index is 0.217. The first-order valence-electron chi connectivity index (χ1n) is 6.25. The number of rotatable bonds is 0. The average Bonchev–Trinajstić information content (AvgIpc) is 2.68. The summed E-state index contributed by atoms with van der Waals surface area (Å²) >= 11 is 0. The van der Waals surface area contributed by atoms with Gasteiger partial charge >= 0.3 is 0 Å². The summed E-state index contributed by atoms with van der Waals surface area (Å²) in [5.41, 5.74) is 0.790. The average molecular weight is 210 g/mol. The molecule has 0 aromatic heterocycles. The molecule has 0 radical (unpaired) electrons. The van der Waals surface area contributed by atoms with Crippen molar-refractivity contribution in [3.8, 4) is 0 Å². The molecule has 2 saturated carbocycles. The van der Waals surface area contributed by atoms with E-state index in [9.17, 15) is 0 Å². The van der Waals surface area contributed by atoms with Crippen molar-refractivity contribution in [3.05, 3.63) is 0 Å². The Balaban J connectivity index is 1.90. The molecule has 0 amide bonds. The fourth-order valence-electron chi connectivity index (χ4n) is 3.70. The molecule has 3 rings (SSSR count). The van der Waals surface area contributed by atoms with Crippen molar-refractivity contribution < 1.29 is 9.47 Å². The van der Waals surface area contributed by atoms with Crippen molar-refractivity contribution in [3.63, 3.8) is 0 Å². The van der Waals surface area contributed by atoms with Gasteiger partial charge in [0.25, 0.3) is 0 Å². The van der Waals surface area contributed by atoms with Crippen molar-refractivity contribution in [2.45, 2.75) is 52.2 Å². The second-order valence-corrected chi connectivity index (χ2v) is 6.64. The van der Waals surface area contributed by atoms with Crippen LogP contribution in [-0.4, -0.2) is 19.0 Å². The summed E-state index contributed by atoms with van der Waals surface area (Å²) in [4.78, 5) is 0. The first kappa shape index (κ1) is 10.1. The highest BCUT2D eigenvalue weighted by Gasteiger charge is 2.68. The van der Waals surface area contributed by atoms with Crippen molar-refractivity contribution in [1.82, 2.24) is 0 Å². The van der Waals surface area contributed by atoms with Crippen LogP contribution in [0.2, 0.25) is 0 Å². The van der Waals surface area contributed by atoms with Gasteiger partial charge in [-0.3, -0.25) is 0 Å². The van der Waals surface area contributed by atoms with E-state index in [-0.39, 0.29) is 5.79 Å². The van der Waals surface area contributed by atoms with E-state index in [2.05, 4.69) is 20.8 Å². The number of hydrogen-bond acceptors (Lipinski definition) is 2. The molecule has 1 spiro atoms. The quantitative estimate of drug-likeness (QED) is 0.612. The van der Waals surface area contributed by atoms with E-state index in [0.717, 1.165) is 25.6 Å². The van der Waals surface area contributed by atoms with E-state index in [1.807, 2.05) is 0 Å². The van der Waals surface area contributed by atoms with Crippen LogP contribution < -0.4 is 0 Å². The first-order chi connectivity index (χ1) is 6.98. The maximum Gasteiger partial charge on any atom is 0.174 e. The van der Waals surface area contributed by atoms with Crippen LogP contribution in [0.15, 0.2) is 0 Å². The number of fused-ring (bicyclic) bond motifs is 2. The van der Waals surface area contributed by atoms with Gasteiger partial charge in [0.15, 0.2) is 5.79 Å². The van der Waals surface area contributed by atoms with Gasteiger partial charge in [0.2, 0.25) is 0 Å². The van der Waals surface area contributed by atoms with Crippen LogP contribution in [0, 0.1) is 16.7 Å². The van der Waals surface area contributed by atoms with E-state index in [1.165, 1.54) is 19.3 Å². The van der Waals surface area contributed by atoms with Crippen molar-refractivity contribution in [2.24, 2.45) is 16.7 Å². The third-order valence-electron chi connectivity index (χ3n) is 4.97. The van der Waals surface area contributed by atoms with E-state index >= 15 is 0 Å². The van der Waals surface area contributed by atoms with E-state index in [1.54, 1.807) is 0 Å². The van der Waals surface area contributed by atoms with Gasteiger partial charge < -0.3 is 9.47 Å². The van der Waals surface area contributed by atoms with Crippen LogP contribution in [0.1, 0.15) is 46.5 Å². The fourth-order valence-corrected chi connectivity index (χ4v) is 3.70. The van der Waals surface area contributed by atoms with Crippen LogP contribution in [0.4, 0.5) is 0 Å². The van der Waals surface area contributed by atoms with Gasteiger partial charge in [-0.05, 0) is 30.6 Å². The molecule has 2 unspecified atom stereocenters. The van der Waals surface area contributed by atoms with Crippen molar-refractivity contribution in [1.29, 1.82) is 0 Å². The predicted octanol–water partition coefficient (Wildman–Crippen LogP) is 2.97. The van der Waals surface area contributed by atoms with Gasteiger partial charge in [-0.1, -0.05) is 20.8 Å². The maximum atomic E-state index is 5.99. The fraction of sp³-hybridized carbons (Fsp3) is 1.00. The third-order valence-corrected chi connectivity index (χ3v) is 4.97. The van der Waals surface area contributed by atoms with Gasteiger partial charge in [0.1, 0.15) is 0 Å². The molecule has 0 aromatic rings. The Hall–Kier alpha value is -0.0800. The second kappa shape index (κ2) is 2.78. The molecular formula is C13H22O2. The minimum atomic E-state index is -0.217. The molecule has 1 aliphatic heterocycles. The number of ether oxygens (including phenoxy) is 2. The summed E-state index contributed by atoms with van der Waals surface area (Å²) < 4.78 is 12.0. The molecule has 1 saturated heterocycles. The molecule has 1 heterocycles. The van der Waals surface area contributed by atoms with E-state index < -0.39 is 0 Å². The predicted molar refractivity (Wildman–Crippen MR) is 58.5 cm³/mol. The molecule has 3 aliphatic rings. The topological polar surface area (TPSA) is 18.5 Å². The minimum Gasteiger partial charge on any atom is -0.347 e. The van der Waals surface area contributed by atoms with Gasteiger partial charge in [-0.2, -0.15) is 0 Å². The molecule has 0 bridgehead atoms. The summed E-state index contributed by atoms with van der Waals surface area (Å²) in [6.45, 7) is 8.73. The van der Waals surface area contributed by atoms with Crippen LogP contribution in [0.25, 0.3) is 0 Å². The zero-order chi connectivity index (χ0) is 10.7. The zero-order valence-corrected chi connectivity index (χ0v) is 10.1. The summed E-state index contributed by atoms with van der Waals surface area (Å²) in [6.07, 6.45) is 4.97. The lowest BCUT2D eigenvalue weighted by Gasteiger charge is -2.34. The Labute approximate surface area is 92.3 Å². The Bertz CT molecular complexity index is 278. The highest BCUT2D eigenvalue weighted by Crippen LogP contribution is 2.68. The second-order valence-electron chi connectivity index (χ2n) is 6.64. The third kappa shape index (κ3) is 1.31. The molecule has 2 aliphatic carbocycles. The Morgan fingerprint density at radius 3 is 2.27 bits per heavy atom. The molecule has 2 atom stereocenters. The van der Waals surface area contributed by atoms with E-state index in [4.69, 9.17) is 9.47 Å². The van der Waals surface area contributed by atoms with Crippen LogP contribution in [-0.2, 0) is 9.47 Å². The van der Waals surface area contributed by atoms with E-state index in [0.29, 0.717) is 10.8 Å². The normalized spacial score (nSPS) is 46.2. The lowest BCUT2D eigenvalue weighted by Crippen LogP contribution is -2.40. The smallest absolute Gasteiger partial charge is 0.174 e. The van der Waals surface area contributed by atoms with Gasteiger partial charge in [-0.15, -0.1) is 0 Å². The molecule has 86 valence electrons. The number of hydrogen-bond donors (Lipinski definition) is 0. The maximum absolute atomic E-state index is 5.99. The molecule has 2 nitrogen and oxygen atoms in total. The first-order valence-corrected chi connectivity index (χ1v) is 6.25. The standard InChI is InChI=1S/C13H22O2/c1-11(2)4-5-13(14-6-7-15-13)12(3)9-10(12)8-11/h10H,4-9H2,1-3H3. The highest BCUT2D eigenvalue weighted by atomic mass is 16.7. The summed E-state index contributed by atoms with van der Waals surface area (Å²) in [6, 6.07) is 0. The molecule has 0 aromatic carbocycles. The summed E-state index contributed by atoms with van der Waals surface area (Å²) in [7, 11) is 0. The Morgan fingerprint density at radius 2 is 1.60 bits per heavy atom. The van der Waals surface area contributed by atoms with Gasteiger partial charge in [0.05, 0.1) is 13.2 Å². The van der Waals surface area contributed by atoms with Gasteiger partial charge in [-0.25, -0.2) is 0 Å². The molecule has 2 heteroatoms. The highest BCUT2D eigenvalue weighted by molar-refractivity contribution is 5.12. The van der Waals surface area contributed by atoms with Gasteiger partial charge in [0, 0.05) is 11.8 Å².